The molecule has 0 bridgehead atoms. The van der Waals surface area contributed by atoms with Crippen LogP contribution in [0.4, 0.5) is 18.9 Å². The molecule has 2 amide bonds. The molecule has 1 fully saturated rings. The van der Waals surface area contributed by atoms with Gasteiger partial charge in [0.15, 0.2) is 0 Å². The third kappa shape index (κ3) is 5.43. The molecule has 1 atom stereocenters. The maximum atomic E-state index is 13.3. The average molecular weight is 503 g/mol. The van der Waals surface area contributed by atoms with Crippen molar-refractivity contribution in [2.75, 3.05) is 10.2 Å². The van der Waals surface area contributed by atoms with Gasteiger partial charge < -0.3 is 5.32 Å². The molecule has 3 rings (SSSR count). The fourth-order valence-electron chi connectivity index (χ4n) is 3.68. The fourth-order valence-corrected chi connectivity index (χ4v) is 4.76. The highest BCUT2D eigenvalue weighted by Gasteiger charge is 2.36. The van der Waals surface area contributed by atoms with Gasteiger partial charge in [-0.05, 0) is 42.5 Å². The van der Waals surface area contributed by atoms with Crippen molar-refractivity contribution in [3.63, 3.8) is 0 Å². The van der Waals surface area contributed by atoms with Crippen LogP contribution in [0.3, 0.4) is 0 Å². The highest BCUT2D eigenvalue weighted by molar-refractivity contribution is 9.09. The Balaban J connectivity index is 2.00. The van der Waals surface area contributed by atoms with Crippen LogP contribution in [0.25, 0.3) is 0 Å². The van der Waals surface area contributed by atoms with Gasteiger partial charge in [0.25, 0.3) is 0 Å². The second kappa shape index (κ2) is 9.96. The standard InChI is InChI=1S/C21H22BrF3N2O2S/c22-13-18(28)27(16-9-4-6-14(12-16)21(23,24)25)19(17-10-5-11-30-17)20(29)26-15-7-2-1-3-8-15/h4-6,9-12,15,19H,1-3,7-8,13H2,(H,26,29). The number of carbonyl (C=O) groups is 2. The van der Waals surface area contributed by atoms with Crippen LogP contribution in [0.2, 0.25) is 0 Å². The lowest BCUT2D eigenvalue weighted by atomic mass is 9.95. The second-order valence-electron chi connectivity index (χ2n) is 7.21. The lowest BCUT2D eigenvalue weighted by Crippen LogP contribution is -2.47. The molecule has 1 aromatic heterocycles. The first-order valence-corrected chi connectivity index (χ1v) is 11.7. The van der Waals surface area contributed by atoms with Gasteiger partial charge in [-0.15, -0.1) is 11.3 Å². The Hall–Kier alpha value is -1.87. The van der Waals surface area contributed by atoms with Crippen LogP contribution in [0.5, 0.6) is 0 Å². The van der Waals surface area contributed by atoms with E-state index in [1.165, 1.54) is 23.5 Å². The van der Waals surface area contributed by atoms with Crippen molar-refractivity contribution < 1.29 is 22.8 Å². The van der Waals surface area contributed by atoms with E-state index < -0.39 is 23.7 Å². The van der Waals surface area contributed by atoms with Gasteiger partial charge in [-0.3, -0.25) is 14.5 Å². The smallest absolute Gasteiger partial charge is 0.351 e. The van der Waals surface area contributed by atoms with Crippen LogP contribution in [-0.2, 0) is 15.8 Å². The molecule has 1 aromatic carbocycles. The van der Waals surface area contributed by atoms with Crippen molar-refractivity contribution in [1.29, 1.82) is 0 Å². The summed E-state index contributed by atoms with van der Waals surface area (Å²) in [6, 6.07) is 6.97. The highest BCUT2D eigenvalue weighted by atomic mass is 79.9. The Kier molecular flexibility index (Phi) is 7.57. The van der Waals surface area contributed by atoms with E-state index in [1.54, 1.807) is 17.5 Å². The number of halogens is 4. The molecule has 1 heterocycles. The zero-order valence-corrected chi connectivity index (χ0v) is 18.5. The molecule has 0 spiro atoms. The molecule has 0 aliphatic heterocycles. The minimum atomic E-state index is -4.55. The molecule has 2 aromatic rings. The summed E-state index contributed by atoms with van der Waals surface area (Å²) in [6.07, 6.45) is 0.331. The van der Waals surface area contributed by atoms with Gasteiger partial charge in [-0.1, -0.05) is 47.3 Å². The van der Waals surface area contributed by atoms with E-state index in [0.717, 1.165) is 49.1 Å². The molecule has 1 unspecified atom stereocenters. The van der Waals surface area contributed by atoms with Gasteiger partial charge in [-0.2, -0.15) is 13.2 Å². The zero-order chi connectivity index (χ0) is 21.7. The van der Waals surface area contributed by atoms with E-state index in [4.69, 9.17) is 0 Å². The summed E-state index contributed by atoms with van der Waals surface area (Å²) in [5.74, 6) is -0.873. The molecule has 0 radical (unpaired) electrons. The Labute approximate surface area is 185 Å². The summed E-state index contributed by atoms with van der Waals surface area (Å²) in [7, 11) is 0. The van der Waals surface area contributed by atoms with Crippen LogP contribution in [0.15, 0.2) is 41.8 Å². The van der Waals surface area contributed by atoms with Crippen molar-refractivity contribution in [1.82, 2.24) is 5.32 Å². The number of benzene rings is 1. The van der Waals surface area contributed by atoms with Crippen molar-refractivity contribution >= 4 is 44.8 Å². The largest absolute Gasteiger partial charge is 0.416 e. The van der Waals surface area contributed by atoms with Crippen molar-refractivity contribution in [3.05, 3.63) is 52.2 Å². The molecular formula is C21H22BrF3N2O2S. The number of amides is 2. The van der Waals surface area contributed by atoms with Gasteiger partial charge in [0.1, 0.15) is 6.04 Å². The topological polar surface area (TPSA) is 49.4 Å². The van der Waals surface area contributed by atoms with E-state index in [9.17, 15) is 22.8 Å². The maximum absolute atomic E-state index is 13.3. The number of thiophene rings is 1. The molecule has 9 heteroatoms. The zero-order valence-electron chi connectivity index (χ0n) is 16.1. The predicted octanol–water partition coefficient (Wildman–Crippen LogP) is 5.69. The Morgan fingerprint density at radius 1 is 1.17 bits per heavy atom. The number of nitrogens with one attached hydrogen (secondary N) is 1. The Morgan fingerprint density at radius 2 is 1.90 bits per heavy atom. The molecule has 30 heavy (non-hydrogen) atoms. The summed E-state index contributed by atoms with van der Waals surface area (Å²) in [6.45, 7) is 0. The normalized spacial score (nSPS) is 16.1. The van der Waals surface area contributed by atoms with Gasteiger partial charge in [0.2, 0.25) is 11.8 Å². The van der Waals surface area contributed by atoms with Crippen LogP contribution in [0.1, 0.15) is 48.6 Å². The van der Waals surface area contributed by atoms with Gasteiger partial charge in [-0.25, -0.2) is 0 Å². The predicted molar refractivity (Wildman–Crippen MR) is 115 cm³/mol. The molecule has 1 aliphatic carbocycles. The van der Waals surface area contributed by atoms with Gasteiger partial charge in [0, 0.05) is 16.6 Å². The number of hydrogen-bond acceptors (Lipinski definition) is 3. The lowest BCUT2D eigenvalue weighted by molar-refractivity contribution is -0.137. The molecular weight excluding hydrogens is 481 g/mol. The monoisotopic (exact) mass is 502 g/mol. The minimum absolute atomic E-state index is 0.0103. The number of carbonyl (C=O) groups excluding carboxylic acids is 2. The van der Waals surface area contributed by atoms with E-state index in [1.807, 2.05) is 0 Å². The van der Waals surface area contributed by atoms with Crippen molar-refractivity contribution in [3.8, 4) is 0 Å². The lowest BCUT2D eigenvalue weighted by Gasteiger charge is -2.32. The Bertz CT molecular complexity index is 867. The summed E-state index contributed by atoms with van der Waals surface area (Å²) >= 11 is 4.40. The van der Waals surface area contributed by atoms with Crippen LogP contribution in [0, 0.1) is 0 Å². The van der Waals surface area contributed by atoms with Crippen molar-refractivity contribution in [2.24, 2.45) is 0 Å². The van der Waals surface area contributed by atoms with Crippen LogP contribution < -0.4 is 10.2 Å². The quantitative estimate of drug-likeness (QED) is 0.516. The van der Waals surface area contributed by atoms with Gasteiger partial charge >= 0.3 is 6.18 Å². The molecule has 1 N–H and O–H groups in total. The maximum Gasteiger partial charge on any atom is 0.416 e. The first-order valence-electron chi connectivity index (χ1n) is 9.70. The first kappa shape index (κ1) is 22.8. The number of rotatable bonds is 6. The molecule has 4 nitrogen and oxygen atoms in total. The summed E-state index contributed by atoms with van der Waals surface area (Å²) < 4.78 is 39.8. The number of hydrogen-bond donors (Lipinski definition) is 1. The SMILES string of the molecule is O=C(NC1CCCCC1)C(c1cccs1)N(C(=O)CBr)c1cccc(C(F)(F)F)c1. The molecule has 0 saturated heterocycles. The van der Waals surface area contributed by atoms with Crippen molar-refractivity contribution in [2.45, 2.75) is 50.4 Å². The van der Waals surface area contributed by atoms with E-state index in [0.29, 0.717) is 4.88 Å². The number of alkyl halides is 4. The van der Waals surface area contributed by atoms with Crippen LogP contribution in [-0.4, -0.2) is 23.2 Å². The first-order chi connectivity index (χ1) is 14.3. The van der Waals surface area contributed by atoms with E-state index in [-0.39, 0.29) is 23.0 Å². The van der Waals surface area contributed by atoms with E-state index >= 15 is 0 Å². The number of anilines is 1. The highest BCUT2D eigenvalue weighted by Crippen LogP contribution is 2.36. The molecule has 1 saturated carbocycles. The molecule has 1 aliphatic rings. The molecule has 162 valence electrons. The Morgan fingerprint density at radius 3 is 2.50 bits per heavy atom. The van der Waals surface area contributed by atoms with E-state index in [2.05, 4.69) is 21.2 Å². The average Bonchev–Trinajstić information content (AvgIpc) is 3.25. The third-order valence-corrected chi connectivity index (χ3v) is 6.51. The second-order valence-corrected chi connectivity index (χ2v) is 8.75. The summed E-state index contributed by atoms with van der Waals surface area (Å²) in [5, 5.41) is 4.67. The van der Waals surface area contributed by atoms with Crippen LogP contribution >= 0.6 is 27.3 Å². The summed E-state index contributed by atoms with van der Waals surface area (Å²) in [5.41, 5.74) is -0.837. The minimum Gasteiger partial charge on any atom is -0.351 e. The third-order valence-electron chi connectivity index (χ3n) is 5.11. The fraction of sp³-hybridized carbons (Fsp3) is 0.429. The number of nitrogens with zero attached hydrogens (tertiary/aromatic N) is 1. The van der Waals surface area contributed by atoms with Gasteiger partial charge in [0.05, 0.1) is 10.9 Å². The summed E-state index contributed by atoms with van der Waals surface area (Å²) in [4.78, 5) is 27.9.